The number of carbonyl (C=O) groups is 1. The van der Waals surface area contributed by atoms with Crippen LogP contribution >= 0.6 is 0 Å². The van der Waals surface area contributed by atoms with Crippen molar-refractivity contribution in [3.63, 3.8) is 0 Å². The Bertz CT molecular complexity index is 653. The zero-order chi connectivity index (χ0) is 15.4. The Morgan fingerprint density at radius 1 is 1.10 bits per heavy atom. The minimum Gasteiger partial charge on any atom is -0.399 e. The SMILES string of the molecule is Nc1ccc(NC(=O)C(N)c2ccc([N+](=O)[O-])cc2)cc1. The van der Waals surface area contributed by atoms with Gasteiger partial charge < -0.3 is 16.8 Å². The summed E-state index contributed by atoms with van der Waals surface area (Å²) in [5, 5.41) is 13.2. The van der Waals surface area contributed by atoms with Crippen molar-refractivity contribution in [2.75, 3.05) is 11.1 Å². The second-order valence-corrected chi connectivity index (χ2v) is 4.44. The molecule has 7 heteroatoms. The van der Waals surface area contributed by atoms with Crippen LogP contribution in [0.5, 0.6) is 0 Å². The molecule has 5 N–H and O–H groups in total. The number of benzene rings is 2. The molecule has 0 saturated heterocycles. The summed E-state index contributed by atoms with van der Waals surface area (Å²) in [6, 6.07) is 11.3. The summed E-state index contributed by atoms with van der Waals surface area (Å²) in [5.74, 6) is -0.409. The molecule has 0 spiro atoms. The standard InChI is InChI=1S/C14H14N4O3/c15-10-3-5-11(6-4-10)17-14(19)13(16)9-1-7-12(8-2-9)18(20)21/h1-8,13H,15-16H2,(H,17,19). The average Bonchev–Trinajstić information content (AvgIpc) is 2.49. The van der Waals surface area contributed by atoms with Gasteiger partial charge in [0.25, 0.3) is 5.69 Å². The molecule has 0 fully saturated rings. The van der Waals surface area contributed by atoms with E-state index in [2.05, 4.69) is 5.32 Å². The van der Waals surface area contributed by atoms with E-state index < -0.39 is 16.9 Å². The predicted octanol–water partition coefficient (Wildman–Crippen LogP) is 1.82. The van der Waals surface area contributed by atoms with E-state index in [4.69, 9.17) is 11.5 Å². The highest BCUT2D eigenvalue weighted by atomic mass is 16.6. The summed E-state index contributed by atoms with van der Waals surface area (Å²) in [5.41, 5.74) is 13.0. The third kappa shape index (κ3) is 3.54. The number of nitrogen functional groups attached to an aromatic ring is 1. The van der Waals surface area contributed by atoms with E-state index in [9.17, 15) is 14.9 Å². The Labute approximate surface area is 120 Å². The quantitative estimate of drug-likeness (QED) is 0.449. The van der Waals surface area contributed by atoms with Gasteiger partial charge in [0.2, 0.25) is 5.91 Å². The molecule has 2 rings (SSSR count). The Morgan fingerprint density at radius 2 is 1.67 bits per heavy atom. The lowest BCUT2D eigenvalue weighted by Gasteiger charge is -2.12. The van der Waals surface area contributed by atoms with Crippen molar-refractivity contribution < 1.29 is 9.72 Å². The zero-order valence-corrected chi connectivity index (χ0v) is 11.0. The number of carbonyl (C=O) groups excluding carboxylic acids is 1. The molecule has 7 nitrogen and oxygen atoms in total. The monoisotopic (exact) mass is 286 g/mol. The first-order valence-electron chi connectivity index (χ1n) is 6.13. The van der Waals surface area contributed by atoms with E-state index in [1.807, 2.05) is 0 Å². The number of nitrogens with two attached hydrogens (primary N) is 2. The van der Waals surface area contributed by atoms with Gasteiger partial charge in [0.1, 0.15) is 6.04 Å². The molecule has 1 atom stereocenters. The Balaban J connectivity index is 2.08. The number of rotatable bonds is 4. The lowest BCUT2D eigenvalue weighted by molar-refractivity contribution is -0.384. The third-order valence-electron chi connectivity index (χ3n) is 2.92. The maximum absolute atomic E-state index is 12.0. The van der Waals surface area contributed by atoms with Crippen molar-refractivity contribution in [1.82, 2.24) is 0 Å². The lowest BCUT2D eigenvalue weighted by Crippen LogP contribution is -2.27. The summed E-state index contributed by atoms with van der Waals surface area (Å²) >= 11 is 0. The maximum Gasteiger partial charge on any atom is 0.269 e. The molecule has 21 heavy (non-hydrogen) atoms. The maximum atomic E-state index is 12.0. The molecule has 1 amide bonds. The second kappa shape index (κ2) is 6.02. The van der Waals surface area contributed by atoms with Crippen LogP contribution in [-0.2, 0) is 4.79 Å². The molecule has 0 aliphatic carbocycles. The number of nitrogens with one attached hydrogen (secondary N) is 1. The molecule has 0 radical (unpaired) electrons. The number of nitrogens with zero attached hydrogens (tertiary/aromatic N) is 1. The smallest absolute Gasteiger partial charge is 0.269 e. The summed E-state index contributed by atoms with van der Waals surface area (Å²) < 4.78 is 0. The normalized spacial score (nSPS) is 11.7. The van der Waals surface area contributed by atoms with E-state index in [-0.39, 0.29) is 5.69 Å². The van der Waals surface area contributed by atoms with Gasteiger partial charge in [-0.25, -0.2) is 0 Å². The van der Waals surface area contributed by atoms with Gasteiger partial charge >= 0.3 is 0 Å². The highest BCUT2D eigenvalue weighted by Gasteiger charge is 2.17. The van der Waals surface area contributed by atoms with Crippen LogP contribution in [0.25, 0.3) is 0 Å². The topological polar surface area (TPSA) is 124 Å². The van der Waals surface area contributed by atoms with Gasteiger partial charge in [-0.05, 0) is 29.8 Å². The summed E-state index contributed by atoms with van der Waals surface area (Å²) in [6.07, 6.45) is 0. The van der Waals surface area contributed by atoms with Crippen LogP contribution in [0.4, 0.5) is 17.1 Å². The number of anilines is 2. The number of nitro groups is 1. The minimum absolute atomic E-state index is 0.0510. The Morgan fingerprint density at radius 3 is 2.19 bits per heavy atom. The molecule has 0 saturated carbocycles. The van der Waals surface area contributed by atoms with Gasteiger partial charge in [-0.1, -0.05) is 12.1 Å². The van der Waals surface area contributed by atoms with Crippen molar-refractivity contribution >= 4 is 23.0 Å². The summed E-state index contributed by atoms with van der Waals surface area (Å²) in [6.45, 7) is 0. The van der Waals surface area contributed by atoms with Crippen LogP contribution in [0.2, 0.25) is 0 Å². The van der Waals surface area contributed by atoms with Crippen LogP contribution in [0.15, 0.2) is 48.5 Å². The van der Waals surface area contributed by atoms with Crippen LogP contribution in [0, 0.1) is 10.1 Å². The van der Waals surface area contributed by atoms with E-state index in [0.717, 1.165) is 0 Å². The van der Waals surface area contributed by atoms with E-state index in [0.29, 0.717) is 16.9 Å². The molecular formula is C14H14N4O3. The number of hydrogen-bond donors (Lipinski definition) is 3. The number of non-ortho nitro benzene ring substituents is 1. The average molecular weight is 286 g/mol. The molecular weight excluding hydrogens is 272 g/mol. The van der Waals surface area contributed by atoms with E-state index in [1.54, 1.807) is 24.3 Å². The minimum atomic E-state index is -0.914. The van der Waals surface area contributed by atoms with Gasteiger partial charge in [0.05, 0.1) is 4.92 Å². The molecule has 2 aromatic rings. The van der Waals surface area contributed by atoms with Gasteiger partial charge in [0.15, 0.2) is 0 Å². The molecule has 0 aromatic heterocycles. The molecule has 108 valence electrons. The first-order valence-corrected chi connectivity index (χ1v) is 6.13. The molecule has 0 heterocycles. The van der Waals surface area contributed by atoms with Crippen LogP contribution < -0.4 is 16.8 Å². The fourth-order valence-corrected chi connectivity index (χ4v) is 1.74. The van der Waals surface area contributed by atoms with Crippen LogP contribution in [0.3, 0.4) is 0 Å². The highest BCUT2D eigenvalue weighted by molar-refractivity contribution is 5.95. The Hall–Kier alpha value is -2.93. The lowest BCUT2D eigenvalue weighted by atomic mass is 10.1. The van der Waals surface area contributed by atoms with Crippen molar-refractivity contribution in [3.8, 4) is 0 Å². The van der Waals surface area contributed by atoms with Crippen molar-refractivity contribution in [2.24, 2.45) is 5.73 Å². The van der Waals surface area contributed by atoms with Gasteiger partial charge in [-0.2, -0.15) is 0 Å². The highest BCUT2D eigenvalue weighted by Crippen LogP contribution is 2.18. The van der Waals surface area contributed by atoms with Gasteiger partial charge in [-0.3, -0.25) is 14.9 Å². The fraction of sp³-hybridized carbons (Fsp3) is 0.0714. The predicted molar refractivity (Wildman–Crippen MR) is 79.5 cm³/mol. The van der Waals surface area contributed by atoms with Gasteiger partial charge in [-0.15, -0.1) is 0 Å². The van der Waals surface area contributed by atoms with Crippen molar-refractivity contribution in [3.05, 3.63) is 64.2 Å². The van der Waals surface area contributed by atoms with Crippen molar-refractivity contribution in [2.45, 2.75) is 6.04 Å². The largest absolute Gasteiger partial charge is 0.399 e. The fourth-order valence-electron chi connectivity index (χ4n) is 1.74. The van der Waals surface area contributed by atoms with Crippen molar-refractivity contribution in [1.29, 1.82) is 0 Å². The first-order chi connectivity index (χ1) is 9.97. The van der Waals surface area contributed by atoms with Crippen LogP contribution in [0.1, 0.15) is 11.6 Å². The molecule has 2 aromatic carbocycles. The van der Waals surface area contributed by atoms with E-state index in [1.165, 1.54) is 24.3 Å². The number of hydrogen-bond acceptors (Lipinski definition) is 5. The first kappa shape index (κ1) is 14.5. The molecule has 0 aliphatic heterocycles. The van der Waals surface area contributed by atoms with E-state index >= 15 is 0 Å². The molecule has 0 aliphatic rings. The second-order valence-electron chi connectivity index (χ2n) is 4.44. The Kier molecular flexibility index (Phi) is 4.15. The number of nitro benzene ring substituents is 1. The summed E-state index contributed by atoms with van der Waals surface area (Å²) in [7, 11) is 0. The summed E-state index contributed by atoms with van der Waals surface area (Å²) in [4.78, 5) is 22.1. The van der Waals surface area contributed by atoms with Gasteiger partial charge in [0, 0.05) is 23.5 Å². The third-order valence-corrected chi connectivity index (χ3v) is 2.92. The molecule has 0 bridgehead atoms. The van der Waals surface area contributed by atoms with Crippen LogP contribution in [-0.4, -0.2) is 10.8 Å². The molecule has 1 unspecified atom stereocenters. The number of amides is 1. The zero-order valence-electron chi connectivity index (χ0n) is 11.0.